The normalized spacial score (nSPS) is 16.7. The molecule has 0 bridgehead atoms. The smallest absolute Gasteiger partial charge is 0.216 e. The Morgan fingerprint density at radius 2 is 1.60 bits per heavy atom. The van der Waals surface area contributed by atoms with E-state index in [2.05, 4.69) is 27.1 Å². The number of nitrogens with zero attached hydrogens (tertiary/aromatic N) is 3. The Labute approximate surface area is 284 Å². The zero-order valence-corrected chi connectivity index (χ0v) is 24.9. The van der Waals surface area contributed by atoms with Crippen LogP contribution in [0, 0.1) is 32.7 Å². The molecule has 0 atom stereocenters. The second-order valence-corrected chi connectivity index (χ2v) is 9.21. The number of hydrogen-bond acceptors (Lipinski definition) is 4. The van der Waals surface area contributed by atoms with E-state index in [0.717, 1.165) is 11.3 Å². The van der Waals surface area contributed by atoms with Crippen molar-refractivity contribution < 1.29 is 42.3 Å². The fourth-order valence-electron chi connectivity index (χ4n) is 4.26. The molecule has 0 amide bonds. The summed E-state index contributed by atoms with van der Waals surface area (Å²) >= 11 is 0. The molecule has 0 spiro atoms. The fourth-order valence-corrected chi connectivity index (χ4v) is 4.26. The van der Waals surface area contributed by atoms with E-state index in [4.69, 9.17) is 22.2 Å². The summed E-state index contributed by atoms with van der Waals surface area (Å²) in [5.74, 6) is 0. The number of rotatable bonds is 5. The summed E-state index contributed by atoms with van der Waals surface area (Å²) in [6, 6.07) is 31.1. The molecular weight excluding hydrogens is 707 g/mol. The molecule has 0 fully saturated rings. The standard InChI is InChI=1S/C26H21N2O.C12H10N.Ir/c1-17-6-9-19(10-7-17)11-12-20-14-15-27-24(16-20)23-5-3-4-21-22-13-8-18(2)28-26(22)29-25(21)23;1-10-7-8-12(13-9-10)11-5-3-2-4-6-11;/h3-4,6-10,13-16H,11-12H2,1-2H3;2-5,7-9H,1H3;/q2*-1;/i1D3,2D3,11D2,12D2;1D3;. The van der Waals surface area contributed by atoms with Crippen LogP contribution in [0.5, 0.6) is 0 Å². The third-order valence-corrected chi connectivity index (χ3v) is 6.30. The predicted molar refractivity (Wildman–Crippen MR) is 170 cm³/mol. The molecule has 43 heavy (non-hydrogen) atoms. The molecule has 215 valence electrons. The molecular formula is C38H31IrN3O-2. The van der Waals surface area contributed by atoms with Crippen molar-refractivity contribution in [3.8, 4) is 22.5 Å². The average molecular weight is 751 g/mol. The molecule has 4 nitrogen and oxygen atoms in total. The van der Waals surface area contributed by atoms with Gasteiger partial charge in [0.25, 0.3) is 0 Å². The van der Waals surface area contributed by atoms with E-state index < -0.39 is 33.3 Å². The number of benzene rings is 3. The third kappa shape index (κ3) is 7.14. The first-order chi connectivity index (χ1) is 25.7. The molecule has 5 heteroatoms. The van der Waals surface area contributed by atoms with Crippen LogP contribution in [0.4, 0.5) is 0 Å². The van der Waals surface area contributed by atoms with Crippen LogP contribution in [-0.4, -0.2) is 15.0 Å². The molecule has 4 aromatic heterocycles. The van der Waals surface area contributed by atoms with Gasteiger partial charge in [0.1, 0.15) is 0 Å². The minimum atomic E-state index is -2.54. The summed E-state index contributed by atoms with van der Waals surface area (Å²) in [6.07, 6.45) is -2.31. The maximum absolute atomic E-state index is 8.73. The van der Waals surface area contributed by atoms with Crippen LogP contribution in [0.1, 0.15) is 45.8 Å². The second-order valence-electron chi connectivity index (χ2n) is 9.21. The van der Waals surface area contributed by atoms with Crippen molar-refractivity contribution in [1.82, 2.24) is 15.0 Å². The Balaban J connectivity index is 0.000000295. The SMILES string of the molecule is [2H]C([2H])([2H])c1ccc(-c2[c-]cccc2)nc1.[2H]C([2H])([2H])c1ccc(C([2H])([2H])C([2H])([2H])c2ccnc(-c3[c-]ccc4c3oc3nc(C([2H])([2H])[2H])ccc34)c2)cc1.[Ir]. The van der Waals surface area contributed by atoms with Gasteiger partial charge < -0.3 is 14.4 Å². The molecule has 0 aliphatic carbocycles. The fraction of sp³-hybridized carbons (Fsp3) is 0.132. The first-order valence-corrected chi connectivity index (χ1v) is 12.9. The molecule has 4 heterocycles. The monoisotopic (exact) mass is 751 g/mol. The number of aryl methyl sites for hydroxylation is 5. The quantitative estimate of drug-likeness (QED) is 0.165. The van der Waals surface area contributed by atoms with Gasteiger partial charge in [-0.3, -0.25) is 0 Å². The maximum atomic E-state index is 8.73. The van der Waals surface area contributed by atoms with Gasteiger partial charge in [0.2, 0.25) is 5.71 Å². The largest absolute Gasteiger partial charge is 0.486 e. The molecule has 3 aromatic carbocycles. The summed E-state index contributed by atoms with van der Waals surface area (Å²) in [5.41, 5.74) is 2.86. The van der Waals surface area contributed by atoms with Crippen molar-refractivity contribution >= 4 is 22.1 Å². The minimum Gasteiger partial charge on any atom is -0.486 e. The van der Waals surface area contributed by atoms with Crippen molar-refractivity contribution in [3.05, 3.63) is 150 Å². The molecule has 0 N–H and O–H groups in total. The Morgan fingerprint density at radius 1 is 0.744 bits per heavy atom. The summed E-state index contributed by atoms with van der Waals surface area (Å²) in [7, 11) is 0. The Hall–Kier alpha value is -4.44. The van der Waals surface area contributed by atoms with E-state index in [1.807, 2.05) is 18.2 Å². The first kappa shape index (κ1) is 17.6. The van der Waals surface area contributed by atoms with E-state index >= 15 is 0 Å². The third-order valence-electron chi connectivity index (χ3n) is 6.30. The number of hydrogen-bond donors (Lipinski definition) is 0. The van der Waals surface area contributed by atoms with E-state index in [9.17, 15) is 0 Å². The van der Waals surface area contributed by atoms with Gasteiger partial charge in [0.15, 0.2) is 0 Å². The summed E-state index contributed by atoms with van der Waals surface area (Å²) in [4.78, 5) is 12.6. The van der Waals surface area contributed by atoms with Crippen LogP contribution in [0.2, 0.25) is 0 Å². The van der Waals surface area contributed by atoms with Gasteiger partial charge in [-0.25, -0.2) is 4.98 Å². The Bertz CT molecular complexity index is 2440. The number of furan rings is 1. The van der Waals surface area contributed by atoms with Crippen LogP contribution in [0.15, 0.2) is 114 Å². The van der Waals surface area contributed by atoms with E-state index in [1.54, 1.807) is 36.4 Å². The van der Waals surface area contributed by atoms with Crippen molar-refractivity contribution in [2.24, 2.45) is 0 Å². The second kappa shape index (κ2) is 13.7. The number of fused-ring (bicyclic) bond motifs is 3. The van der Waals surface area contributed by atoms with Gasteiger partial charge in [-0.05, 0) is 74.0 Å². The Morgan fingerprint density at radius 3 is 2.37 bits per heavy atom. The topological polar surface area (TPSA) is 51.8 Å². The van der Waals surface area contributed by atoms with Gasteiger partial charge in [0, 0.05) is 61.4 Å². The van der Waals surface area contributed by atoms with Crippen molar-refractivity contribution in [2.75, 3.05) is 0 Å². The van der Waals surface area contributed by atoms with E-state index in [1.165, 1.54) is 54.9 Å². The van der Waals surface area contributed by atoms with Crippen molar-refractivity contribution in [1.29, 1.82) is 0 Å². The van der Waals surface area contributed by atoms with Gasteiger partial charge in [0.05, 0.1) is 5.58 Å². The summed E-state index contributed by atoms with van der Waals surface area (Å²) in [5, 5.41) is 1.24. The van der Waals surface area contributed by atoms with Crippen LogP contribution in [0.25, 0.3) is 44.6 Å². The van der Waals surface area contributed by atoms with Crippen LogP contribution >= 0.6 is 0 Å². The first-order valence-electron chi connectivity index (χ1n) is 19.4. The molecule has 7 aromatic rings. The van der Waals surface area contributed by atoms with E-state index in [0.29, 0.717) is 21.9 Å². The molecule has 0 aliphatic rings. The van der Waals surface area contributed by atoms with Crippen LogP contribution < -0.4 is 0 Å². The maximum Gasteiger partial charge on any atom is 0.216 e. The summed E-state index contributed by atoms with van der Waals surface area (Å²) in [6.45, 7) is -6.86. The van der Waals surface area contributed by atoms with Gasteiger partial charge in [-0.1, -0.05) is 64.5 Å². The van der Waals surface area contributed by atoms with Crippen LogP contribution in [0.3, 0.4) is 0 Å². The predicted octanol–water partition coefficient (Wildman–Crippen LogP) is 9.10. The molecule has 1 radical (unpaired) electrons. The zero-order chi connectivity index (χ0) is 40.0. The van der Waals surface area contributed by atoms with Gasteiger partial charge >= 0.3 is 0 Å². The molecule has 0 aliphatic heterocycles. The molecule has 0 saturated carbocycles. The van der Waals surface area contributed by atoms with Gasteiger partial charge in [-0.15, -0.1) is 54.1 Å². The van der Waals surface area contributed by atoms with Crippen molar-refractivity contribution in [2.45, 2.75) is 33.3 Å². The number of aromatic nitrogens is 3. The average Bonchev–Trinajstić information content (AvgIpc) is 3.53. The zero-order valence-electron chi connectivity index (χ0n) is 35.5. The Kier molecular flexibility index (Phi) is 5.61. The van der Waals surface area contributed by atoms with Gasteiger partial charge in [-0.2, -0.15) is 0 Å². The van der Waals surface area contributed by atoms with Crippen molar-refractivity contribution in [3.63, 3.8) is 0 Å². The van der Waals surface area contributed by atoms with E-state index in [-0.39, 0.29) is 59.5 Å². The van der Waals surface area contributed by atoms with Crippen LogP contribution in [-0.2, 0) is 32.9 Å². The molecule has 7 rings (SSSR count). The molecule has 0 saturated heterocycles. The molecule has 0 unspecified atom stereocenters. The minimum absolute atomic E-state index is 0. The number of pyridine rings is 3. The summed E-state index contributed by atoms with van der Waals surface area (Å²) < 4.78 is 108.